The van der Waals surface area contributed by atoms with E-state index in [9.17, 15) is 0 Å². The zero-order valence-corrected chi connectivity index (χ0v) is 14.7. The molecule has 126 valence electrons. The summed E-state index contributed by atoms with van der Waals surface area (Å²) in [6.45, 7) is 0. The van der Waals surface area contributed by atoms with Crippen molar-refractivity contribution in [2.75, 3.05) is 5.73 Å². The van der Waals surface area contributed by atoms with Crippen molar-refractivity contribution in [2.24, 2.45) is 0 Å². The fourth-order valence-electron chi connectivity index (χ4n) is 4.21. The lowest BCUT2D eigenvalue weighted by Gasteiger charge is -2.08. The summed E-state index contributed by atoms with van der Waals surface area (Å²) in [4.78, 5) is 0. The van der Waals surface area contributed by atoms with Gasteiger partial charge in [-0.1, -0.05) is 30.3 Å². The highest BCUT2D eigenvalue weighted by molar-refractivity contribution is 6.10. The zero-order chi connectivity index (χ0) is 18.0. The second-order valence-corrected chi connectivity index (χ2v) is 7.40. The molecule has 0 aromatic heterocycles. The minimum atomic E-state index is 0.806. The van der Waals surface area contributed by atoms with Crippen LogP contribution in [0.15, 0.2) is 91.0 Å². The lowest BCUT2D eigenvalue weighted by atomic mass is 9.96. The minimum Gasteiger partial charge on any atom is -0.399 e. The normalized spacial score (nSPS) is 11.9. The predicted octanol–water partition coefficient (Wildman–Crippen LogP) is 7.03. The standard InChI is InChI=1S/C26H17N/c27-26-6-5-18-9-21-12-22-10-19-7-16-3-1-2-4-17(16)8-20(19)11-23(22)13-24(21)14-25(18)15-26/h1-15H,27H2. The van der Waals surface area contributed by atoms with Gasteiger partial charge in [0.15, 0.2) is 0 Å². The van der Waals surface area contributed by atoms with Gasteiger partial charge in [0.05, 0.1) is 0 Å². The third-order valence-corrected chi connectivity index (χ3v) is 5.59. The summed E-state index contributed by atoms with van der Waals surface area (Å²) in [5, 5.41) is 12.6. The van der Waals surface area contributed by atoms with Crippen molar-refractivity contribution in [1.29, 1.82) is 0 Å². The summed E-state index contributed by atoms with van der Waals surface area (Å²) in [6, 6.07) is 32.9. The Bertz CT molecular complexity index is 1530. The Morgan fingerprint density at radius 2 is 0.667 bits per heavy atom. The quantitative estimate of drug-likeness (QED) is 0.232. The first-order valence-electron chi connectivity index (χ1n) is 9.22. The van der Waals surface area contributed by atoms with Crippen LogP contribution in [0.3, 0.4) is 0 Å². The molecule has 6 aromatic rings. The van der Waals surface area contributed by atoms with Crippen molar-refractivity contribution < 1.29 is 0 Å². The van der Waals surface area contributed by atoms with E-state index in [0.717, 1.165) is 5.69 Å². The zero-order valence-electron chi connectivity index (χ0n) is 14.7. The summed E-state index contributed by atoms with van der Waals surface area (Å²) < 4.78 is 0. The van der Waals surface area contributed by atoms with Crippen LogP contribution in [-0.2, 0) is 0 Å². The number of fused-ring (bicyclic) bond motifs is 5. The summed E-state index contributed by atoms with van der Waals surface area (Å²) in [7, 11) is 0. The molecule has 0 unspecified atom stereocenters. The van der Waals surface area contributed by atoms with E-state index in [0.29, 0.717) is 0 Å². The molecule has 0 atom stereocenters. The van der Waals surface area contributed by atoms with E-state index >= 15 is 0 Å². The number of benzene rings is 6. The maximum Gasteiger partial charge on any atom is 0.0320 e. The van der Waals surface area contributed by atoms with E-state index in [1.54, 1.807) is 0 Å². The van der Waals surface area contributed by atoms with Crippen LogP contribution in [0.25, 0.3) is 53.9 Å². The molecule has 0 spiro atoms. The molecule has 0 fully saturated rings. The predicted molar refractivity (Wildman–Crippen MR) is 118 cm³/mol. The maximum atomic E-state index is 5.97. The highest BCUT2D eigenvalue weighted by Crippen LogP contribution is 2.32. The molecule has 27 heavy (non-hydrogen) atoms. The molecule has 2 N–H and O–H groups in total. The first-order valence-corrected chi connectivity index (χ1v) is 9.22. The summed E-state index contributed by atoms with van der Waals surface area (Å²) >= 11 is 0. The molecule has 0 heterocycles. The topological polar surface area (TPSA) is 26.0 Å². The number of hydrogen-bond acceptors (Lipinski definition) is 1. The molecule has 0 radical (unpaired) electrons. The van der Waals surface area contributed by atoms with Crippen molar-refractivity contribution in [1.82, 2.24) is 0 Å². The van der Waals surface area contributed by atoms with Crippen molar-refractivity contribution in [2.45, 2.75) is 0 Å². The fraction of sp³-hybridized carbons (Fsp3) is 0. The molecule has 0 amide bonds. The number of anilines is 1. The van der Waals surface area contributed by atoms with Crippen LogP contribution < -0.4 is 5.73 Å². The summed E-state index contributed by atoms with van der Waals surface area (Å²) in [5.41, 5.74) is 6.77. The van der Waals surface area contributed by atoms with Gasteiger partial charge < -0.3 is 5.73 Å². The lowest BCUT2D eigenvalue weighted by molar-refractivity contribution is 1.75. The van der Waals surface area contributed by atoms with Gasteiger partial charge in [0.25, 0.3) is 0 Å². The van der Waals surface area contributed by atoms with Crippen molar-refractivity contribution in [3.8, 4) is 0 Å². The molecule has 0 aliphatic carbocycles. The van der Waals surface area contributed by atoms with Gasteiger partial charge in [-0.2, -0.15) is 0 Å². The van der Waals surface area contributed by atoms with Gasteiger partial charge in [0, 0.05) is 5.69 Å². The van der Waals surface area contributed by atoms with Gasteiger partial charge in [0.2, 0.25) is 0 Å². The molecule has 0 bridgehead atoms. The van der Waals surface area contributed by atoms with Crippen LogP contribution in [0.5, 0.6) is 0 Å². The van der Waals surface area contributed by atoms with E-state index < -0.39 is 0 Å². The molecule has 6 aromatic carbocycles. The van der Waals surface area contributed by atoms with Gasteiger partial charge >= 0.3 is 0 Å². The van der Waals surface area contributed by atoms with Crippen molar-refractivity contribution in [3.63, 3.8) is 0 Å². The number of hydrogen-bond donors (Lipinski definition) is 1. The number of rotatable bonds is 0. The van der Waals surface area contributed by atoms with Crippen LogP contribution in [0.4, 0.5) is 5.69 Å². The van der Waals surface area contributed by atoms with Crippen molar-refractivity contribution >= 4 is 59.5 Å². The molecule has 0 saturated heterocycles. The van der Waals surface area contributed by atoms with Crippen LogP contribution in [0.2, 0.25) is 0 Å². The molecular weight excluding hydrogens is 326 g/mol. The Morgan fingerprint density at radius 3 is 1.11 bits per heavy atom. The highest BCUT2D eigenvalue weighted by atomic mass is 14.5. The number of nitrogens with two attached hydrogens (primary N) is 1. The maximum absolute atomic E-state index is 5.97. The largest absolute Gasteiger partial charge is 0.399 e. The van der Waals surface area contributed by atoms with Crippen molar-refractivity contribution in [3.05, 3.63) is 91.0 Å². The molecule has 0 aliphatic rings. The Kier molecular flexibility index (Phi) is 2.81. The Morgan fingerprint density at radius 1 is 0.333 bits per heavy atom. The Hall–Kier alpha value is -3.58. The number of nitrogen functional groups attached to an aromatic ring is 1. The third-order valence-electron chi connectivity index (χ3n) is 5.59. The van der Waals surface area contributed by atoms with E-state index in [1.807, 2.05) is 12.1 Å². The van der Waals surface area contributed by atoms with Gasteiger partial charge in [-0.25, -0.2) is 0 Å². The Balaban J connectivity index is 1.70. The molecule has 1 heteroatoms. The van der Waals surface area contributed by atoms with Crippen LogP contribution >= 0.6 is 0 Å². The Labute approximate surface area is 156 Å². The summed E-state index contributed by atoms with van der Waals surface area (Å²) in [6.07, 6.45) is 0. The highest BCUT2D eigenvalue weighted by Gasteiger charge is 2.05. The monoisotopic (exact) mass is 343 g/mol. The fourth-order valence-corrected chi connectivity index (χ4v) is 4.21. The van der Waals surface area contributed by atoms with Gasteiger partial charge in [-0.05, 0) is 115 Å². The molecule has 1 nitrogen and oxygen atoms in total. The molecule has 0 saturated carbocycles. The molecule has 0 aliphatic heterocycles. The van der Waals surface area contributed by atoms with Crippen LogP contribution in [0.1, 0.15) is 0 Å². The molecule has 6 rings (SSSR count). The van der Waals surface area contributed by atoms with E-state index in [2.05, 4.69) is 78.9 Å². The van der Waals surface area contributed by atoms with Gasteiger partial charge in [-0.15, -0.1) is 0 Å². The first kappa shape index (κ1) is 14.6. The SMILES string of the molecule is Nc1ccc2cc3cc4cc5cc6ccccc6cc5cc4cc3cc2c1. The van der Waals surface area contributed by atoms with Gasteiger partial charge in [0.1, 0.15) is 0 Å². The summed E-state index contributed by atoms with van der Waals surface area (Å²) in [5.74, 6) is 0. The minimum absolute atomic E-state index is 0.806. The lowest BCUT2D eigenvalue weighted by Crippen LogP contribution is -1.85. The van der Waals surface area contributed by atoms with E-state index in [4.69, 9.17) is 5.73 Å². The average molecular weight is 343 g/mol. The first-order chi connectivity index (χ1) is 13.2. The average Bonchev–Trinajstić information content (AvgIpc) is 2.67. The van der Waals surface area contributed by atoms with Crippen LogP contribution in [0, 0.1) is 0 Å². The second kappa shape index (κ2) is 5.21. The van der Waals surface area contributed by atoms with E-state index in [-0.39, 0.29) is 0 Å². The van der Waals surface area contributed by atoms with Crippen LogP contribution in [-0.4, -0.2) is 0 Å². The smallest absolute Gasteiger partial charge is 0.0320 e. The molecular formula is C26H17N. The third kappa shape index (κ3) is 2.25. The second-order valence-electron chi connectivity index (χ2n) is 7.40. The van der Waals surface area contributed by atoms with Gasteiger partial charge in [-0.3, -0.25) is 0 Å². The van der Waals surface area contributed by atoms with E-state index in [1.165, 1.54) is 53.9 Å².